The van der Waals surface area contributed by atoms with Crippen molar-refractivity contribution >= 4 is 0 Å². The fourth-order valence-electron chi connectivity index (χ4n) is 1.72. The molecule has 1 aliphatic carbocycles. The van der Waals surface area contributed by atoms with Gasteiger partial charge in [0.15, 0.2) is 0 Å². The van der Waals surface area contributed by atoms with E-state index in [1.807, 2.05) is 6.92 Å². The van der Waals surface area contributed by atoms with Gasteiger partial charge in [0.2, 0.25) is 0 Å². The third-order valence-corrected chi connectivity index (χ3v) is 2.98. The molecular weight excluding hydrogens is 150 g/mol. The molecule has 0 amide bonds. The maximum Gasteiger partial charge on any atom is 0.0688 e. The maximum absolute atomic E-state index is 9.48. The Balaban J connectivity index is 2.37. The first-order valence-electron chi connectivity index (χ1n) is 4.98. The molecule has 0 spiro atoms. The largest absolute Gasteiger partial charge is 0.392 e. The molecule has 0 aromatic carbocycles. The minimum absolute atomic E-state index is 0.130. The van der Waals surface area contributed by atoms with Crippen molar-refractivity contribution < 1.29 is 5.11 Å². The van der Waals surface area contributed by atoms with Gasteiger partial charge in [-0.25, -0.2) is 0 Å². The molecule has 2 heteroatoms. The molecule has 0 aliphatic heterocycles. The maximum atomic E-state index is 9.48. The average molecular weight is 171 g/mol. The normalized spacial score (nSPS) is 23.0. The first kappa shape index (κ1) is 10.0. The molecule has 1 fully saturated rings. The second-order valence-corrected chi connectivity index (χ2v) is 4.52. The predicted octanol–water partition coefficient (Wildman–Crippen LogP) is 1.68. The van der Waals surface area contributed by atoms with E-state index in [1.54, 1.807) is 0 Å². The van der Waals surface area contributed by atoms with Crippen LogP contribution in [0, 0.1) is 0 Å². The van der Waals surface area contributed by atoms with E-state index in [-0.39, 0.29) is 11.6 Å². The monoisotopic (exact) mass is 171 g/mol. The first-order chi connectivity index (χ1) is 5.52. The molecule has 0 radical (unpaired) electrons. The lowest BCUT2D eigenvalue weighted by Gasteiger charge is -2.32. The van der Waals surface area contributed by atoms with Crippen molar-refractivity contribution in [3.63, 3.8) is 0 Å². The van der Waals surface area contributed by atoms with Gasteiger partial charge in [-0.15, -0.1) is 0 Å². The van der Waals surface area contributed by atoms with E-state index in [2.05, 4.69) is 19.2 Å². The van der Waals surface area contributed by atoms with Gasteiger partial charge in [-0.1, -0.05) is 12.8 Å². The lowest BCUT2D eigenvalue weighted by atomic mass is 9.97. The van der Waals surface area contributed by atoms with Gasteiger partial charge in [-0.3, -0.25) is 0 Å². The van der Waals surface area contributed by atoms with Crippen molar-refractivity contribution in [3.05, 3.63) is 0 Å². The van der Waals surface area contributed by atoms with Crippen LogP contribution in [0.2, 0.25) is 0 Å². The quantitative estimate of drug-likeness (QED) is 0.677. The summed E-state index contributed by atoms with van der Waals surface area (Å²) >= 11 is 0. The van der Waals surface area contributed by atoms with Gasteiger partial charge in [0.1, 0.15) is 0 Å². The van der Waals surface area contributed by atoms with Gasteiger partial charge in [0.05, 0.1) is 6.10 Å². The SMILES string of the molecule is CC(O)C(C)(C)NC1CCCC1. The van der Waals surface area contributed by atoms with Gasteiger partial charge >= 0.3 is 0 Å². The molecule has 0 saturated heterocycles. The molecule has 1 aliphatic rings. The van der Waals surface area contributed by atoms with Crippen LogP contribution >= 0.6 is 0 Å². The van der Waals surface area contributed by atoms with E-state index in [1.165, 1.54) is 25.7 Å². The van der Waals surface area contributed by atoms with Crippen LogP contribution < -0.4 is 5.32 Å². The van der Waals surface area contributed by atoms with Crippen molar-refractivity contribution in [2.75, 3.05) is 0 Å². The van der Waals surface area contributed by atoms with Gasteiger partial charge in [-0.2, -0.15) is 0 Å². The molecular formula is C10H21NO. The van der Waals surface area contributed by atoms with E-state index in [9.17, 15) is 5.11 Å². The molecule has 2 nitrogen and oxygen atoms in total. The van der Waals surface area contributed by atoms with Crippen LogP contribution in [-0.4, -0.2) is 22.8 Å². The van der Waals surface area contributed by atoms with Crippen LogP contribution in [0.15, 0.2) is 0 Å². The highest BCUT2D eigenvalue weighted by atomic mass is 16.3. The highest BCUT2D eigenvalue weighted by molar-refractivity contribution is 4.88. The summed E-state index contributed by atoms with van der Waals surface area (Å²) in [5, 5.41) is 13.0. The van der Waals surface area contributed by atoms with Crippen LogP contribution in [0.3, 0.4) is 0 Å². The van der Waals surface area contributed by atoms with Crippen LogP contribution in [0.4, 0.5) is 0 Å². The molecule has 2 N–H and O–H groups in total. The Hall–Kier alpha value is -0.0800. The minimum atomic E-state index is -0.280. The van der Waals surface area contributed by atoms with Gasteiger partial charge < -0.3 is 10.4 Å². The van der Waals surface area contributed by atoms with Crippen LogP contribution in [-0.2, 0) is 0 Å². The summed E-state index contributed by atoms with van der Waals surface area (Å²) in [6.07, 6.45) is 4.95. The van der Waals surface area contributed by atoms with Crippen molar-refractivity contribution in [3.8, 4) is 0 Å². The summed E-state index contributed by atoms with van der Waals surface area (Å²) in [5.41, 5.74) is -0.130. The molecule has 1 unspecified atom stereocenters. The molecule has 0 bridgehead atoms. The summed E-state index contributed by atoms with van der Waals surface area (Å²) in [6.45, 7) is 5.98. The van der Waals surface area contributed by atoms with Gasteiger partial charge in [0.25, 0.3) is 0 Å². The van der Waals surface area contributed by atoms with Crippen molar-refractivity contribution in [2.45, 2.75) is 64.1 Å². The zero-order chi connectivity index (χ0) is 9.19. The minimum Gasteiger partial charge on any atom is -0.392 e. The first-order valence-corrected chi connectivity index (χ1v) is 4.98. The molecule has 0 heterocycles. The Morgan fingerprint density at radius 3 is 2.25 bits per heavy atom. The smallest absolute Gasteiger partial charge is 0.0688 e. The summed E-state index contributed by atoms with van der Waals surface area (Å²) in [7, 11) is 0. The van der Waals surface area contributed by atoms with E-state index in [4.69, 9.17) is 0 Å². The second-order valence-electron chi connectivity index (χ2n) is 4.52. The zero-order valence-corrected chi connectivity index (χ0v) is 8.43. The Morgan fingerprint density at radius 1 is 1.33 bits per heavy atom. The van der Waals surface area contributed by atoms with Crippen molar-refractivity contribution in [1.82, 2.24) is 5.32 Å². The Bertz CT molecular complexity index is 137. The molecule has 72 valence electrons. The summed E-state index contributed by atoms with van der Waals surface area (Å²) < 4.78 is 0. The number of rotatable bonds is 3. The Labute approximate surface area is 75.4 Å². The Kier molecular flexibility index (Phi) is 3.13. The fraction of sp³-hybridized carbons (Fsp3) is 1.00. The number of hydrogen-bond donors (Lipinski definition) is 2. The molecule has 1 atom stereocenters. The number of aliphatic hydroxyl groups is 1. The fourth-order valence-corrected chi connectivity index (χ4v) is 1.72. The highest BCUT2D eigenvalue weighted by Crippen LogP contribution is 2.21. The average Bonchev–Trinajstić information content (AvgIpc) is 2.38. The van der Waals surface area contributed by atoms with E-state index >= 15 is 0 Å². The molecule has 0 aromatic heterocycles. The summed E-state index contributed by atoms with van der Waals surface area (Å²) in [4.78, 5) is 0. The van der Waals surface area contributed by atoms with Gasteiger partial charge in [-0.05, 0) is 33.6 Å². The highest BCUT2D eigenvalue weighted by Gasteiger charge is 2.28. The van der Waals surface area contributed by atoms with E-state index in [0.29, 0.717) is 6.04 Å². The molecule has 1 saturated carbocycles. The Morgan fingerprint density at radius 2 is 1.83 bits per heavy atom. The third-order valence-electron chi connectivity index (χ3n) is 2.98. The topological polar surface area (TPSA) is 32.3 Å². The van der Waals surface area contributed by atoms with E-state index in [0.717, 1.165) is 0 Å². The van der Waals surface area contributed by atoms with Gasteiger partial charge in [0, 0.05) is 11.6 Å². The molecule has 1 rings (SSSR count). The van der Waals surface area contributed by atoms with E-state index < -0.39 is 0 Å². The lowest BCUT2D eigenvalue weighted by Crippen LogP contribution is -2.51. The third kappa shape index (κ3) is 2.46. The van der Waals surface area contributed by atoms with Crippen molar-refractivity contribution in [2.24, 2.45) is 0 Å². The zero-order valence-electron chi connectivity index (χ0n) is 8.43. The van der Waals surface area contributed by atoms with Crippen molar-refractivity contribution in [1.29, 1.82) is 0 Å². The number of nitrogens with one attached hydrogen (secondary N) is 1. The summed E-state index contributed by atoms with van der Waals surface area (Å²) in [6, 6.07) is 0.634. The van der Waals surface area contributed by atoms with Crippen LogP contribution in [0.25, 0.3) is 0 Å². The second kappa shape index (κ2) is 3.75. The lowest BCUT2D eigenvalue weighted by molar-refractivity contribution is 0.0884. The number of hydrogen-bond acceptors (Lipinski definition) is 2. The predicted molar refractivity (Wildman–Crippen MR) is 51.2 cm³/mol. The molecule has 12 heavy (non-hydrogen) atoms. The standard InChI is InChI=1S/C10H21NO/c1-8(12)10(2,3)11-9-6-4-5-7-9/h8-9,11-12H,4-7H2,1-3H3. The van der Waals surface area contributed by atoms with Crippen LogP contribution in [0.1, 0.15) is 46.5 Å². The summed E-state index contributed by atoms with van der Waals surface area (Å²) in [5.74, 6) is 0. The molecule has 0 aromatic rings. The number of aliphatic hydroxyl groups excluding tert-OH is 1. The van der Waals surface area contributed by atoms with Crippen LogP contribution in [0.5, 0.6) is 0 Å².